The van der Waals surface area contributed by atoms with Crippen LogP contribution in [0, 0.1) is 5.92 Å². The van der Waals surface area contributed by atoms with Gasteiger partial charge in [-0.3, -0.25) is 4.79 Å². The van der Waals surface area contributed by atoms with Crippen molar-refractivity contribution >= 4 is 5.91 Å². The highest BCUT2D eigenvalue weighted by molar-refractivity contribution is 5.80. The molecular formula is C10H19N3O2. The molecule has 2 saturated heterocycles. The van der Waals surface area contributed by atoms with E-state index in [-0.39, 0.29) is 17.9 Å². The van der Waals surface area contributed by atoms with Crippen molar-refractivity contribution in [1.82, 2.24) is 10.2 Å². The van der Waals surface area contributed by atoms with Gasteiger partial charge in [0, 0.05) is 25.7 Å². The molecule has 2 aliphatic heterocycles. The Balaban J connectivity index is 1.93. The lowest BCUT2D eigenvalue weighted by Gasteiger charge is -2.24. The fourth-order valence-electron chi connectivity index (χ4n) is 2.13. The highest BCUT2D eigenvalue weighted by Gasteiger charge is 2.34. The lowest BCUT2D eigenvalue weighted by molar-refractivity contribution is -0.135. The maximum atomic E-state index is 12.1. The Morgan fingerprint density at radius 2 is 2.20 bits per heavy atom. The van der Waals surface area contributed by atoms with Gasteiger partial charge in [0.25, 0.3) is 0 Å². The van der Waals surface area contributed by atoms with Crippen LogP contribution in [0.4, 0.5) is 0 Å². The minimum atomic E-state index is -0.122. The van der Waals surface area contributed by atoms with E-state index < -0.39 is 0 Å². The van der Waals surface area contributed by atoms with Crippen molar-refractivity contribution in [1.29, 1.82) is 0 Å². The molecular weight excluding hydrogens is 194 g/mol. The SMILES string of the molecule is NC1COCC1C(=O)N1CCCNCC1. The predicted octanol–water partition coefficient (Wildman–Crippen LogP) is -1.22. The minimum absolute atomic E-state index is 0.117. The molecule has 5 heteroatoms. The van der Waals surface area contributed by atoms with Crippen molar-refractivity contribution in [2.45, 2.75) is 12.5 Å². The zero-order valence-corrected chi connectivity index (χ0v) is 8.95. The van der Waals surface area contributed by atoms with Gasteiger partial charge in [0.1, 0.15) is 0 Å². The van der Waals surface area contributed by atoms with Crippen molar-refractivity contribution in [2.24, 2.45) is 11.7 Å². The van der Waals surface area contributed by atoms with Gasteiger partial charge in [0.2, 0.25) is 5.91 Å². The Morgan fingerprint density at radius 1 is 1.33 bits per heavy atom. The molecule has 2 rings (SSSR count). The molecule has 2 heterocycles. The van der Waals surface area contributed by atoms with E-state index in [0.29, 0.717) is 13.2 Å². The number of ether oxygens (including phenoxy) is 1. The Kier molecular flexibility index (Phi) is 3.56. The molecule has 0 aromatic carbocycles. The first-order valence-corrected chi connectivity index (χ1v) is 5.62. The summed E-state index contributed by atoms with van der Waals surface area (Å²) in [6.45, 7) is 4.52. The van der Waals surface area contributed by atoms with Gasteiger partial charge in [-0.15, -0.1) is 0 Å². The number of rotatable bonds is 1. The molecule has 0 bridgehead atoms. The van der Waals surface area contributed by atoms with Gasteiger partial charge in [-0.1, -0.05) is 0 Å². The Hall–Kier alpha value is -0.650. The number of nitrogens with two attached hydrogens (primary N) is 1. The summed E-state index contributed by atoms with van der Waals surface area (Å²) in [4.78, 5) is 14.0. The van der Waals surface area contributed by atoms with Crippen molar-refractivity contribution in [2.75, 3.05) is 39.4 Å². The van der Waals surface area contributed by atoms with Gasteiger partial charge < -0.3 is 20.7 Å². The fraction of sp³-hybridized carbons (Fsp3) is 0.900. The topological polar surface area (TPSA) is 67.6 Å². The fourth-order valence-corrected chi connectivity index (χ4v) is 2.13. The molecule has 2 aliphatic rings. The standard InChI is InChI=1S/C10H19N3O2/c11-9-7-15-6-8(9)10(14)13-4-1-2-12-3-5-13/h8-9,12H,1-7,11H2. The Morgan fingerprint density at radius 3 is 2.93 bits per heavy atom. The van der Waals surface area contributed by atoms with E-state index in [1.807, 2.05) is 4.90 Å². The number of hydrogen-bond donors (Lipinski definition) is 2. The molecule has 0 aromatic rings. The summed E-state index contributed by atoms with van der Waals surface area (Å²) in [5.41, 5.74) is 5.84. The molecule has 86 valence electrons. The van der Waals surface area contributed by atoms with Gasteiger partial charge >= 0.3 is 0 Å². The Bertz CT molecular complexity index is 227. The number of nitrogens with one attached hydrogen (secondary N) is 1. The second-order valence-corrected chi connectivity index (χ2v) is 4.24. The summed E-state index contributed by atoms with van der Waals surface area (Å²) >= 11 is 0. The molecule has 3 N–H and O–H groups in total. The number of carbonyl (C=O) groups is 1. The molecule has 0 aliphatic carbocycles. The summed E-state index contributed by atoms with van der Waals surface area (Å²) < 4.78 is 5.22. The van der Waals surface area contributed by atoms with Gasteiger partial charge in [0.05, 0.1) is 19.1 Å². The third kappa shape index (κ3) is 2.48. The summed E-state index contributed by atoms with van der Waals surface area (Å²) in [5.74, 6) is 0.0480. The lowest BCUT2D eigenvalue weighted by Crippen LogP contribution is -2.44. The van der Waals surface area contributed by atoms with Crippen molar-refractivity contribution < 1.29 is 9.53 Å². The van der Waals surface area contributed by atoms with E-state index >= 15 is 0 Å². The summed E-state index contributed by atoms with van der Waals surface area (Å²) in [7, 11) is 0. The van der Waals surface area contributed by atoms with E-state index in [4.69, 9.17) is 10.5 Å². The summed E-state index contributed by atoms with van der Waals surface area (Å²) in [6, 6.07) is -0.117. The van der Waals surface area contributed by atoms with Crippen molar-refractivity contribution in [3.63, 3.8) is 0 Å². The van der Waals surface area contributed by atoms with Gasteiger partial charge in [-0.05, 0) is 13.0 Å². The highest BCUT2D eigenvalue weighted by atomic mass is 16.5. The van der Waals surface area contributed by atoms with Crippen LogP contribution in [0.5, 0.6) is 0 Å². The first-order valence-electron chi connectivity index (χ1n) is 5.62. The van der Waals surface area contributed by atoms with E-state index in [0.717, 1.165) is 32.6 Å². The third-order valence-electron chi connectivity index (χ3n) is 3.09. The largest absolute Gasteiger partial charge is 0.379 e. The molecule has 15 heavy (non-hydrogen) atoms. The zero-order valence-electron chi connectivity index (χ0n) is 8.95. The number of nitrogens with zero attached hydrogens (tertiary/aromatic N) is 1. The molecule has 0 aromatic heterocycles. The van der Waals surface area contributed by atoms with Gasteiger partial charge in [-0.25, -0.2) is 0 Å². The molecule has 2 unspecified atom stereocenters. The van der Waals surface area contributed by atoms with Crippen LogP contribution in [-0.4, -0.2) is 56.2 Å². The lowest BCUT2D eigenvalue weighted by atomic mass is 10.0. The first kappa shape index (κ1) is 10.9. The summed E-state index contributed by atoms with van der Waals surface area (Å²) in [6.07, 6.45) is 1.02. The normalized spacial score (nSPS) is 32.7. The molecule has 0 radical (unpaired) electrons. The van der Waals surface area contributed by atoms with Crippen LogP contribution in [0.2, 0.25) is 0 Å². The smallest absolute Gasteiger partial charge is 0.229 e. The van der Waals surface area contributed by atoms with Gasteiger partial charge in [-0.2, -0.15) is 0 Å². The molecule has 0 saturated carbocycles. The average Bonchev–Trinajstić information content (AvgIpc) is 2.53. The predicted molar refractivity (Wildman–Crippen MR) is 56.4 cm³/mol. The van der Waals surface area contributed by atoms with Crippen LogP contribution in [0.15, 0.2) is 0 Å². The van der Waals surface area contributed by atoms with Crippen LogP contribution in [0.25, 0.3) is 0 Å². The van der Waals surface area contributed by atoms with Crippen LogP contribution in [0.1, 0.15) is 6.42 Å². The van der Waals surface area contributed by atoms with Crippen LogP contribution in [0.3, 0.4) is 0 Å². The van der Waals surface area contributed by atoms with E-state index in [9.17, 15) is 4.79 Å². The van der Waals surface area contributed by atoms with Crippen molar-refractivity contribution in [3.05, 3.63) is 0 Å². The quantitative estimate of drug-likeness (QED) is 0.573. The van der Waals surface area contributed by atoms with Gasteiger partial charge in [0.15, 0.2) is 0 Å². The minimum Gasteiger partial charge on any atom is -0.379 e. The molecule has 0 spiro atoms. The second-order valence-electron chi connectivity index (χ2n) is 4.24. The van der Waals surface area contributed by atoms with Crippen molar-refractivity contribution in [3.8, 4) is 0 Å². The Labute approximate surface area is 89.9 Å². The third-order valence-corrected chi connectivity index (χ3v) is 3.09. The molecule has 5 nitrogen and oxygen atoms in total. The van der Waals surface area contributed by atoms with Crippen LogP contribution in [-0.2, 0) is 9.53 Å². The van der Waals surface area contributed by atoms with E-state index in [1.165, 1.54) is 0 Å². The maximum Gasteiger partial charge on any atom is 0.229 e. The second kappa shape index (κ2) is 4.92. The number of carbonyl (C=O) groups excluding carboxylic acids is 1. The first-order chi connectivity index (χ1) is 7.29. The van der Waals surface area contributed by atoms with E-state index in [1.54, 1.807) is 0 Å². The maximum absolute atomic E-state index is 12.1. The molecule has 1 amide bonds. The average molecular weight is 213 g/mol. The molecule has 2 atom stereocenters. The summed E-state index contributed by atoms with van der Waals surface area (Å²) in [5, 5.41) is 3.28. The number of hydrogen-bond acceptors (Lipinski definition) is 4. The van der Waals surface area contributed by atoms with Crippen LogP contribution >= 0.6 is 0 Å². The van der Waals surface area contributed by atoms with E-state index in [2.05, 4.69) is 5.32 Å². The number of amides is 1. The monoisotopic (exact) mass is 213 g/mol. The highest BCUT2D eigenvalue weighted by Crippen LogP contribution is 2.15. The van der Waals surface area contributed by atoms with Crippen LogP contribution < -0.4 is 11.1 Å². The molecule has 2 fully saturated rings. The zero-order chi connectivity index (χ0) is 10.7.